The normalized spacial score (nSPS) is 19.1. The van der Waals surface area contributed by atoms with E-state index in [1.165, 1.54) is 25.7 Å². The van der Waals surface area contributed by atoms with Crippen molar-refractivity contribution < 1.29 is 4.79 Å². The Kier molecular flexibility index (Phi) is 2.91. The van der Waals surface area contributed by atoms with Crippen molar-refractivity contribution in [3.63, 3.8) is 0 Å². The summed E-state index contributed by atoms with van der Waals surface area (Å²) in [6.07, 6.45) is 7.01. The van der Waals surface area contributed by atoms with Crippen molar-refractivity contribution in [2.45, 2.75) is 45.4 Å². The maximum Gasteiger partial charge on any atom is 0.133 e. The number of carbonyl (C=O) groups excluding carboxylic acids is 1. The maximum absolute atomic E-state index is 10.5. The molecule has 10 heavy (non-hydrogen) atoms. The van der Waals surface area contributed by atoms with Gasteiger partial charge in [-0.05, 0) is 12.3 Å². The second-order valence-electron chi connectivity index (χ2n) is 3.31. The standard InChI is InChI=1S/C9H16O/c1-2-3-4-5-8-6-9(10)7-8/h8H,2-7H2,1H3. The molecule has 0 amide bonds. The van der Waals surface area contributed by atoms with Crippen LogP contribution in [0.25, 0.3) is 0 Å². The van der Waals surface area contributed by atoms with Crippen molar-refractivity contribution in [2.75, 3.05) is 0 Å². The summed E-state index contributed by atoms with van der Waals surface area (Å²) >= 11 is 0. The Hall–Kier alpha value is -0.330. The number of hydrogen-bond donors (Lipinski definition) is 0. The Labute approximate surface area is 62.8 Å². The van der Waals surface area contributed by atoms with Crippen molar-refractivity contribution in [1.82, 2.24) is 0 Å². The van der Waals surface area contributed by atoms with Gasteiger partial charge in [0.1, 0.15) is 5.78 Å². The molecule has 0 aromatic carbocycles. The summed E-state index contributed by atoms with van der Waals surface area (Å²) in [6, 6.07) is 0. The van der Waals surface area contributed by atoms with E-state index in [0.717, 1.165) is 18.8 Å². The van der Waals surface area contributed by atoms with Gasteiger partial charge in [-0.15, -0.1) is 0 Å². The average molecular weight is 140 g/mol. The lowest BCUT2D eigenvalue weighted by Gasteiger charge is -2.23. The number of carbonyl (C=O) groups is 1. The molecule has 1 heteroatoms. The highest BCUT2D eigenvalue weighted by molar-refractivity contribution is 5.84. The number of unbranched alkanes of at least 4 members (excludes halogenated alkanes) is 2. The topological polar surface area (TPSA) is 17.1 Å². The Bertz CT molecular complexity index is 110. The van der Waals surface area contributed by atoms with Crippen LogP contribution in [0.15, 0.2) is 0 Å². The van der Waals surface area contributed by atoms with E-state index >= 15 is 0 Å². The highest BCUT2D eigenvalue weighted by Gasteiger charge is 2.25. The molecule has 1 nitrogen and oxygen atoms in total. The molecule has 0 N–H and O–H groups in total. The van der Waals surface area contributed by atoms with Crippen molar-refractivity contribution in [3.8, 4) is 0 Å². The van der Waals surface area contributed by atoms with Gasteiger partial charge in [-0.3, -0.25) is 4.79 Å². The Balaban J connectivity index is 1.90. The lowest BCUT2D eigenvalue weighted by molar-refractivity contribution is -0.127. The van der Waals surface area contributed by atoms with Crippen LogP contribution in [0.5, 0.6) is 0 Å². The van der Waals surface area contributed by atoms with Crippen LogP contribution >= 0.6 is 0 Å². The van der Waals surface area contributed by atoms with Gasteiger partial charge in [0, 0.05) is 12.8 Å². The molecule has 0 atom stereocenters. The SMILES string of the molecule is CCCCCC1CC(=O)C1. The van der Waals surface area contributed by atoms with Gasteiger partial charge in [-0.25, -0.2) is 0 Å². The van der Waals surface area contributed by atoms with E-state index in [1.807, 2.05) is 0 Å². The first kappa shape index (κ1) is 7.77. The first-order valence-corrected chi connectivity index (χ1v) is 4.34. The molecular formula is C9H16O. The molecule has 58 valence electrons. The lowest BCUT2D eigenvalue weighted by Crippen LogP contribution is -2.22. The zero-order chi connectivity index (χ0) is 7.40. The highest BCUT2D eigenvalue weighted by atomic mass is 16.1. The summed E-state index contributed by atoms with van der Waals surface area (Å²) in [5, 5.41) is 0. The maximum atomic E-state index is 10.5. The molecule has 0 saturated heterocycles. The summed E-state index contributed by atoms with van der Waals surface area (Å²) in [5.41, 5.74) is 0. The van der Waals surface area contributed by atoms with Crippen molar-refractivity contribution in [2.24, 2.45) is 5.92 Å². The van der Waals surface area contributed by atoms with Gasteiger partial charge in [0.2, 0.25) is 0 Å². The van der Waals surface area contributed by atoms with E-state index < -0.39 is 0 Å². The van der Waals surface area contributed by atoms with Gasteiger partial charge in [0.15, 0.2) is 0 Å². The smallest absolute Gasteiger partial charge is 0.133 e. The molecule has 0 radical (unpaired) electrons. The fourth-order valence-electron chi connectivity index (χ4n) is 1.47. The van der Waals surface area contributed by atoms with Crippen LogP contribution < -0.4 is 0 Å². The molecule has 0 unspecified atom stereocenters. The molecule has 0 bridgehead atoms. The summed E-state index contributed by atoms with van der Waals surface area (Å²) in [6.45, 7) is 2.21. The minimum atomic E-state index is 0.474. The lowest BCUT2D eigenvalue weighted by atomic mass is 9.80. The van der Waals surface area contributed by atoms with Crippen LogP contribution in [0.1, 0.15) is 45.4 Å². The van der Waals surface area contributed by atoms with Gasteiger partial charge in [0.05, 0.1) is 0 Å². The molecule has 0 aromatic rings. The van der Waals surface area contributed by atoms with Crippen LogP contribution in [0.2, 0.25) is 0 Å². The van der Waals surface area contributed by atoms with Gasteiger partial charge >= 0.3 is 0 Å². The van der Waals surface area contributed by atoms with Crippen LogP contribution in [0.3, 0.4) is 0 Å². The van der Waals surface area contributed by atoms with E-state index in [1.54, 1.807) is 0 Å². The molecule has 0 heterocycles. The van der Waals surface area contributed by atoms with Crippen molar-refractivity contribution >= 4 is 5.78 Å². The second-order valence-corrected chi connectivity index (χ2v) is 3.31. The molecule has 1 saturated carbocycles. The average Bonchev–Trinajstić information content (AvgIpc) is 1.85. The van der Waals surface area contributed by atoms with Gasteiger partial charge in [-0.2, -0.15) is 0 Å². The zero-order valence-electron chi connectivity index (χ0n) is 6.73. The molecule has 1 aliphatic rings. The fraction of sp³-hybridized carbons (Fsp3) is 0.889. The minimum absolute atomic E-state index is 0.474. The van der Waals surface area contributed by atoms with E-state index in [4.69, 9.17) is 0 Å². The Morgan fingerprint density at radius 2 is 2.10 bits per heavy atom. The quantitative estimate of drug-likeness (QED) is 0.548. The molecule has 1 fully saturated rings. The van der Waals surface area contributed by atoms with Gasteiger partial charge in [-0.1, -0.05) is 26.2 Å². The molecule has 1 aliphatic carbocycles. The highest BCUT2D eigenvalue weighted by Crippen LogP contribution is 2.27. The van der Waals surface area contributed by atoms with Crippen molar-refractivity contribution in [3.05, 3.63) is 0 Å². The molecule has 0 aromatic heterocycles. The Morgan fingerprint density at radius 1 is 1.40 bits per heavy atom. The summed E-state index contributed by atoms with van der Waals surface area (Å²) in [4.78, 5) is 10.5. The van der Waals surface area contributed by atoms with Crippen LogP contribution in [-0.4, -0.2) is 5.78 Å². The van der Waals surface area contributed by atoms with E-state index in [-0.39, 0.29) is 0 Å². The Morgan fingerprint density at radius 3 is 2.60 bits per heavy atom. The number of hydrogen-bond acceptors (Lipinski definition) is 1. The van der Waals surface area contributed by atoms with Crippen molar-refractivity contribution in [1.29, 1.82) is 0 Å². The first-order chi connectivity index (χ1) is 4.83. The third kappa shape index (κ3) is 2.13. The molecule has 1 rings (SSSR count). The predicted octanol–water partition coefficient (Wildman–Crippen LogP) is 2.55. The minimum Gasteiger partial charge on any atom is -0.300 e. The van der Waals surface area contributed by atoms with E-state index in [9.17, 15) is 4.79 Å². The largest absolute Gasteiger partial charge is 0.300 e. The summed E-state index contributed by atoms with van der Waals surface area (Å²) in [5.74, 6) is 1.24. The molecule has 0 aliphatic heterocycles. The van der Waals surface area contributed by atoms with Crippen LogP contribution in [0, 0.1) is 5.92 Å². The molecule has 0 spiro atoms. The third-order valence-electron chi connectivity index (χ3n) is 2.25. The van der Waals surface area contributed by atoms with Crippen LogP contribution in [0.4, 0.5) is 0 Å². The first-order valence-electron chi connectivity index (χ1n) is 4.34. The zero-order valence-corrected chi connectivity index (χ0v) is 6.73. The number of rotatable bonds is 4. The predicted molar refractivity (Wildman–Crippen MR) is 41.9 cm³/mol. The summed E-state index contributed by atoms with van der Waals surface area (Å²) in [7, 11) is 0. The van der Waals surface area contributed by atoms with Crippen LogP contribution in [-0.2, 0) is 4.79 Å². The van der Waals surface area contributed by atoms with Gasteiger partial charge in [0.25, 0.3) is 0 Å². The molecular weight excluding hydrogens is 124 g/mol. The second kappa shape index (κ2) is 3.75. The monoisotopic (exact) mass is 140 g/mol. The summed E-state index contributed by atoms with van der Waals surface area (Å²) < 4.78 is 0. The number of ketones is 1. The van der Waals surface area contributed by atoms with E-state index in [2.05, 4.69) is 6.92 Å². The van der Waals surface area contributed by atoms with E-state index in [0.29, 0.717) is 5.78 Å². The third-order valence-corrected chi connectivity index (χ3v) is 2.25. The number of Topliss-reactive ketones (excluding diaryl/α,β-unsaturated/α-hetero) is 1. The fourth-order valence-corrected chi connectivity index (χ4v) is 1.47. The van der Waals surface area contributed by atoms with Gasteiger partial charge < -0.3 is 0 Å².